The van der Waals surface area contributed by atoms with Crippen LogP contribution < -0.4 is 20.1 Å². The van der Waals surface area contributed by atoms with E-state index in [0.29, 0.717) is 19.3 Å². The molecule has 1 fully saturated rings. The van der Waals surface area contributed by atoms with Gasteiger partial charge in [0.25, 0.3) is 0 Å². The number of ether oxygens (including phenoxy) is 2. The normalized spacial score (nSPS) is 18.8. The number of likely N-dealkylation sites (tertiary alicyclic amines) is 1. The van der Waals surface area contributed by atoms with Crippen molar-refractivity contribution in [1.29, 1.82) is 0 Å². The molecule has 0 aliphatic carbocycles. The molecule has 2 aliphatic rings. The van der Waals surface area contributed by atoms with Crippen molar-refractivity contribution < 1.29 is 9.47 Å². The summed E-state index contributed by atoms with van der Waals surface area (Å²) in [6, 6.07) is 6.75. The zero-order chi connectivity index (χ0) is 20.0. The molecule has 3 rings (SSSR count). The molecule has 0 radical (unpaired) electrons. The van der Waals surface area contributed by atoms with Gasteiger partial charge in [0.15, 0.2) is 17.5 Å². The van der Waals surface area contributed by atoms with Crippen LogP contribution in [0.25, 0.3) is 0 Å². The van der Waals surface area contributed by atoms with Crippen LogP contribution in [0.15, 0.2) is 23.2 Å². The van der Waals surface area contributed by atoms with Crippen LogP contribution in [0.2, 0.25) is 0 Å². The number of nitrogens with one attached hydrogen (secondary N) is 2. The number of hydrogen-bond donors (Lipinski definition) is 2. The second-order valence-corrected chi connectivity index (χ2v) is 8.43. The minimum Gasteiger partial charge on any atom is -0.486 e. The Morgan fingerprint density at radius 1 is 1.18 bits per heavy atom. The van der Waals surface area contributed by atoms with E-state index in [1.165, 1.54) is 44.5 Å². The number of piperidine rings is 1. The molecule has 0 unspecified atom stereocenters. The first-order valence-corrected chi connectivity index (χ1v) is 10.6. The van der Waals surface area contributed by atoms with E-state index in [2.05, 4.69) is 53.4 Å². The summed E-state index contributed by atoms with van der Waals surface area (Å²) in [5.74, 6) is 2.57. The number of rotatable bonds is 6. The predicted molar refractivity (Wildman–Crippen MR) is 115 cm³/mol. The van der Waals surface area contributed by atoms with Gasteiger partial charge in [-0.2, -0.15) is 0 Å². The van der Waals surface area contributed by atoms with Crippen molar-refractivity contribution in [2.75, 3.05) is 46.4 Å². The van der Waals surface area contributed by atoms with E-state index in [9.17, 15) is 0 Å². The maximum atomic E-state index is 5.75. The largest absolute Gasteiger partial charge is 0.486 e. The molecule has 1 aromatic rings. The van der Waals surface area contributed by atoms with Crippen molar-refractivity contribution in [3.8, 4) is 11.5 Å². The molecule has 0 aromatic heterocycles. The molecule has 6 nitrogen and oxygen atoms in total. The number of benzene rings is 1. The maximum absolute atomic E-state index is 5.75. The van der Waals surface area contributed by atoms with Gasteiger partial charge in [-0.25, -0.2) is 0 Å². The Morgan fingerprint density at radius 3 is 2.57 bits per heavy atom. The zero-order valence-electron chi connectivity index (χ0n) is 17.9. The third-order valence-corrected chi connectivity index (χ3v) is 5.71. The minimum absolute atomic E-state index is 0.0576. The van der Waals surface area contributed by atoms with E-state index in [4.69, 9.17) is 9.47 Å². The number of hydrogen-bond acceptors (Lipinski definition) is 4. The number of guanidine groups is 1. The molecule has 0 saturated carbocycles. The molecular weight excluding hydrogens is 352 g/mol. The standard InChI is InChI=1S/C22H36N4O2/c1-5-10-26-11-8-18(9-12-26)25-21(23-4)24-16-22(2,3)17-6-7-19-20(15-17)28-14-13-27-19/h6-7,15,18H,5,8-14,16H2,1-4H3,(H2,23,24,25). The fourth-order valence-corrected chi connectivity index (χ4v) is 3.88. The Kier molecular flexibility index (Phi) is 7.05. The highest BCUT2D eigenvalue weighted by atomic mass is 16.6. The van der Waals surface area contributed by atoms with Crippen LogP contribution >= 0.6 is 0 Å². The monoisotopic (exact) mass is 388 g/mol. The quantitative estimate of drug-likeness (QED) is 0.580. The van der Waals surface area contributed by atoms with Crippen LogP contribution in [-0.2, 0) is 5.41 Å². The minimum atomic E-state index is -0.0576. The molecule has 2 N–H and O–H groups in total. The van der Waals surface area contributed by atoms with Gasteiger partial charge >= 0.3 is 0 Å². The van der Waals surface area contributed by atoms with Crippen LogP contribution in [0.4, 0.5) is 0 Å². The Hall–Kier alpha value is -1.95. The van der Waals surface area contributed by atoms with Crippen molar-refractivity contribution in [2.45, 2.75) is 51.5 Å². The number of aliphatic imine (C=N–C) groups is 1. The highest BCUT2D eigenvalue weighted by Crippen LogP contribution is 2.34. The second-order valence-electron chi connectivity index (χ2n) is 8.43. The molecule has 0 amide bonds. The van der Waals surface area contributed by atoms with Gasteiger partial charge in [-0.05, 0) is 43.5 Å². The summed E-state index contributed by atoms with van der Waals surface area (Å²) in [6.45, 7) is 12.3. The lowest BCUT2D eigenvalue weighted by Gasteiger charge is -2.33. The summed E-state index contributed by atoms with van der Waals surface area (Å²) in [7, 11) is 1.85. The molecule has 1 aromatic carbocycles. The van der Waals surface area contributed by atoms with Gasteiger partial charge in [0.05, 0.1) is 0 Å². The van der Waals surface area contributed by atoms with Crippen molar-refractivity contribution in [3.05, 3.63) is 23.8 Å². The molecule has 1 saturated heterocycles. The van der Waals surface area contributed by atoms with E-state index in [-0.39, 0.29) is 5.41 Å². The van der Waals surface area contributed by atoms with Crippen molar-refractivity contribution in [1.82, 2.24) is 15.5 Å². The van der Waals surface area contributed by atoms with Gasteiger partial charge in [0.2, 0.25) is 0 Å². The van der Waals surface area contributed by atoms with E-state index in [0.717, 1.165) is 24.0 Å². The number of nitrogens with zero attached hydrogens (tertiary/aromatic N) is 2. The summed E-state index contributed by atoms with van der Waals surface area (Å²) in [5.41, 5.74) is 1.17. The molecule has 156 valence electrons. The first-order chi connectivity index (χ1) is 13.5. The van der Waals surface area contributed by atoms with Crippen LogP contribution in [-0.4, -0.2) is 63.3 Å². The van der Waals surface area contributed by atoms with Gasteiger partial charge in [0, 0.05) is 38.1 Å². The summed E-state index contributed by atoms with van der Waals surface area (Å²) in [4.78, 5) is 7.00. The highest BCUT2D eigenvalue weighted by molar-refractivity contribution is 5.80. The van der Waals surface area contributed by atoms with Gasteiger partial charge < -0.3 is 25.0 Å². The lowest BCUT2D eigenvalue weighted by Crippen LogP contribution is -2.50. The van der Waals surface area contributed by atoms with E-state index in [1.807, 2.05) is 13.1 Å². The predicted octanol–water partition coefficient (Wildman–Crippen LogP) is 2.77. The molecule has 0 atom stereocenters. The van der Waals surface area contributed by atoms with Crippen LogP contribution in [0.3, 0.4) is 0 Å². The Bertz CT molecular complexity index is 667. The molecule has 0 spiro atoms. The lowest BCUT2D eigenvalue weighted by molar-refractivity contribution is 0.171. The van der Waals surface area contributed by atoms with Crippen LogP contribution in [0.1, 0.15) is 45.6 Å². The smallest absolute Gasteiger partial charge is 0.191 e. The zero-order valence-corrected chi connectivity index (χ0v) is 17.9. The highest BCUT2D eigenvalue weighted by Gasteiger charge is 2.25. The van der Waals surface area contributed by atoms with Gasteiger partial charge in [-0.15, -0.1) is 0 Å². The molecular formula is C22H36N4O2. The first-order valence-electron chi connectivity index (χ1n) is 10.6. The summed E-state index contributed by atoms with van der Waals surface area (Å²) in [5, 5.41) is 7.13. The van der Waals surface area contributed by atoms with E-state index >= 15 is 0 Å². The van der Waals surface area contributed by atoms with Gasteiger partial charge in [-0.1, -0.05) is 26.8 Å². The Labute approximate surface area is 169 Å². The van der Waals surface area contributed by atoms with Gasteiger partial charge in [-0.3, -0.25) is 4.99 Å². The van der Waals surface area contributed by atoms with Crippen molar-refractivity contribution >= 4 is 5.96 Å². The lowest BCUT2D eigenvalue weighted by atomic mass is 9.84. The topological polar surface area (TPSA) is 58.1 Å². The number of fused-ring (bicyclic) bond motifs is 1. The maximum Gasteiger partial charge on any atom is 0.191 e. The molecule has 6 heteroatoms. The SMILES string of the molecule is CCCN1CCC(NC(=NC)NCC(C)(C)c2ccc3c(c2)OCCO3)CC1. The fourth-order valence-electron chi connectivity index (χ4n) is 3.88. The third kappa shape index (κ3) is 5.31. The van der Waals surface area contributed by atoms with Crippen molar-refractivity contribution in [2.24, 2.45) is 4.99 Å². The van der Waals surface area contributed by atoms with E-state index in [1.54, 1.807) is 0 Å². The van der Waals surface area contributed by atoms with Crippen LogP contribution in [0.5, 0.6) is 11.5 Å². The summed E-state index contributed by atoms with van der Waals surface area (Å²) >= 11 is 0. The molecule has 0 bridgehead atoms. The molecule has 2 heterocycles. The fraction of sp³-hybridized carbons (Fsp3) is 0.682. The third-order valence-electron chi connectivity index (χ3n) is 5.71. The summed E-state index contributed by atoms with van der Waals surface area (Å²) < 4.78 is 11.4. The van der Waals surface area contributed by atoms with Crippen LogP contribution in [0, 0.1) is 0 Å². The van der Waals surface area contributed by atoms with Crippen molar-refractivity contribution in [3.63, 3.8) is 0 Å². The Balaban J connectivity index is 1.53. The second kappa shape index (κ2) is 9.50. The Morgan fingerprint density at radius 2 is 1.89 bits per heavy atom. The van der Waals surface area contributed by atoms with E-state index < -0.39 is 0 Å². The molecule has 2 aliphatic heterocycles. The average molecular weight is 389 g/mol. The summed E-state index contributed by atoms with van der Waals surface area (Å²) in [6.07, 6.45) is 3.58. The molecule has 28 heavy (non-hydrogen) atoms. The average Bonchev–Trinajstić information content (AvgIpc) is 2.72. The first kappa shape index (κ1) is 20.8. The van der Waals surface area contributed by atoms with Gasteiger partial charge in [0.1, 0.15) is 13.2 Å².